The molecule has 0 saturated heterocycles. The summed E-state index contributed by atoms with van der Waals surface area (Å²) < 4.78 is 6.71. The van der Waals surface area contributed by atoms with Crippen molar-refractivity contribution in [1.29, 1.82) is 5.26 Å². The highest BCUT2D eigenvalue weighted by molar-refractivity contribution is 9.10. The first-order valence-electron chi connectivity index (χ1n) is 6.85. The van der Waals surface area contributed by atoms with E-state index in [1.165, 1.54) is 5.56 Å². The van der Waals surface area contributed by atoms with Crippen LogP contribution in [0.2, 0.25) is 0 Å². The number of hydrogen-bond acceptors (Lipinski definition) is 3. The highest BCUT2D eigenvalue weighted by atomic mass is 79.9. The number of para-hydroxylation sites is 1. The molecule has 0 spiro atoms. The predicted octanol–water partition coefficient (Wildman–Crippen LogP) is 4.78. The fourth-order valence-electron chi connectivity index (χ4n) is 2.06. The molecule has 3 nitrogen and oxygen atoms in total. The summed E-state index contributed by atoms with van der Waals surface area (Å²) >= 11 is 3.53. The van der Waals surface area contributed by atoms with Crippen LogP contribution in [0.4, 0.5) is 0 Å². The van der Waals surface area contributed by atoms with Crippen molar-refractivity contribution in [1.82, 2.24) is 5.32 Å². The second kappa shape index (κ2) is 7.26. The van der Waals surface area contributed by atoms with Crippen LogP contribution in [0.25, 0.3) is 0 Å². The summed E-state index contributed by atoms with van der Waals surface area (Å²) in [5.74, 6) is 1.26. The van der Waals surface area contributed by atoms with E-state index < -0.39 is 0 Å². The van der Waals surface area contributed by atoms with Gasteiger partial charge in [0.1, 0.15) is 17.6 Å². The molecule has 0 heterocycles. The van der Waals surface area contributed by atoms with E-state index >= 15 is 0 Å². The summed E-state index contributed by atoms with van der Waals surface area (Å²) in [6.45, 7) is 5.13. The van der Waals surface area contributed by atoms with Gasteiger partial charge in [-0.1, -0.05) is 25.1 Å². The maximum absolute atomic E-state index is 9.09. The third kappa shape index (κ3) is 3.84. The van der Waals surface area contributed by atoms with Crippen LogP contribution in [-0.2, 0) is 0 Å². The van der Waals surface area contributed by atoms with Crippen LogP contribution in [0.5, 0.6) is 11.5 Å². The molecule has 0 radical (unpaired) electrons. The molecule has 0 aliphatic heterocycles. The average molecular weight is 345 g/mol. The quantitative estimate of drug-likeness (QED) is 0.848. The molecule has 4 heteroatoms. The smallest absolute Gasteiger partial charge is 0.145 e. The number of halogens is 1. The Hall–Kier alpha value is -1.83. The Kier molecular flexibility index (Phi) is 5.38. The number of hydrogen-bond donors (Lipinski definition) is 1. The van der Waals surface area contributed by atoms with Gasteiger partial charge >= 0.3 is 0 Å². The van der Waals surface area contributed by atoms with Gasteiger partial charge in [-0.3, -0.25) is 0 Å². The van der Waals surface area contributed by atoms with Gasteiger partial charge in [0, 0.05) is 6.04 Å². The Labute approximate surface area is 133 Å². The van der Waals surface area contributed by atoms with Gasteiger partial charge < -0.3 is 10.1 Å². The molecule has 2 aromatic carbocycles. The predicted molar refractivity (Wildman–Crippen MR) is 87.5 cm³/mol. The largest absolute Gasteiger partial charge is 0.455 e. The first kappa shape index (κ1) is 15.6. The SMILES string of the molecule is CCNC(C)c1ccc(Oc2ccccc2C#N)c(Br)c1. The van der Waals surface area contributed by atoms with Crippen LogP contribution in [0.3, 0.4) is 0 Å². The van der Waals surface area contributed by atoms with Gasteiger partial charge in [0.05, 0.1) is 10.0 Å². The van der Waals surface area contributed by atoms with Gasteiger partial charge in [-0.25, -0.2) is 0 Å². The molecule has 0 saturated carbocycles. The molecule has 1 unspecified atom stereocenters. The van der Waals surface area contributed by atoms with E-state index in [4.69, 9.17) is 10.00 Å². The minimum atomic E-state index is 0.284. The van der Waals surface area contributed by atoms with Crippen LogP contribution >= 0.6 is 15.9 Å². The minimum Gasteiger partial charge on any atom is -0.455 e. The fourth-order valence-corrected chi connectivity index (χ4v) is 2.54. The molecule has 2 rings (SSSR count). The molecule has 0 bridgehead atoms. The van der Waals surface area contributed by atoms with Crippen LogP contribution < -0.4 is 10.1 Å². The summed E-state index contributed by atoms with van der Waals surface area (Å²) in [7, 11) is 0. The lowest BCUT2D eigenvalue weighted by molar-refractivity contribution is 0.477. The van der Waals surface area contributed by atoms with Crippen molar-refractivity contribution in [3.63, 3.8) is 0 Å². The zero-order chi connectivity index (χ0) is 15.2. The normalized spacial score (nSPS) is 11.7. The minimum absolute atomic E-state index is 0.284. The molecule has 0 aliphatic carbocycles. The van der Waals surface area contributed by atoms with Crippen LogP contribution in [0, 0.1) is 11.3 Å². The fraction of sp³-hybridized carbons (Fsp3) is 0.235. The van der Waals surface area contributed by atoms with Gasteiger partial charge in [-0.15, -0.1) is 0 Å². The summed E-state index contributed by atoms with van der Waals surface area (Å²) in [6, 6.07) is 15.6. The maximum atomic E-state index is 9.09. The molecule has 0 amide bonds. The molecule has 21 heavy (non-hydrogen) atoms. The van der Waals surface area contributed by atoms with Crippen molar-refractivity contribution >= 4 is 15.9 Å². The number of rotatable bonds is 5. The van der Waals surface area contributed by atoms with E-state index in [1.807, 2.05) is 30.3 Å². The number of ether oxygens (including phenoxy) is 1. The van der Waals surface area contributed by atoms with Crippen LogP contribution in [0.1, 0.15) is 31.0 Å². The summed E-state index contributed by atoms with van der Waals surface area (Å²) in [6.07, 6.45) is 0. The average Bonchev–Trinajstić information content (AvgIpc) is 2.50. The van der Waals surface area contributed by atoms with Crippen molar-refractivity contribution in [2.45, 2.75) is 19.9 Å². The summed E-state index contributed by atoms with van der Waals surface area (Å²) in [4.78, 5) is 0. The topological polar surface area (TPSA) is 45.0 Å². The molecule has 0 fully saturated rings. The van der Waals surface area contributed by atoms with Crippen molar-refractivity contribution in [3.8, 4) is 17.6 Å². The molecule has 0 aromatic heterocycles. The third-order valence-electron chi connectivity index (χ3n) is 3.19. The molecule has 2 aromatic rings. The Bertz CT molecular complexity index is 664. The van der Waals surface area contributed by atoms with Gasteiger partial charge in [0.15, 0.2) is 0 Å². The van der Waals surface area contributed by atoms with Crippen molar-refractivity contribution < 1.29 is 4.74 Å². The molecule has 108 valence electrons. The lowest BCUT2D eigenvalue weighted by Crippen LogP contribution is -2.17. The maximum Gasteiger partial charge on any atom is 0.145 e. The highest BCUT2D eigenvalue weighted by Gasteiger charge is 2.10. The number of benzene rings is 2. The summed E-state index contributed by atoms with van der Waals surface area (Å²) in [5, 5.41) is 12.5. The molecule has 1 N–H and O–H groups in total. The monoisotopic (exact) mass is 344 g/mol. The van der Waals surface area contributed by atoms with Gasteiger partial charge in [0.25, 0.3) is 0 Å². The number of nitriles is 1. The lowest BCUT2D eigenvalue weighted by Gasteiger charge is -2.15. The van der Waals surface area contributed by atoms with E-state index in [0.29, 0.717) is 17.1 Å². The standard InChI is InChI=1S/C17H17BrN2O/c1-3-20-12(2)13-8-9-17(15(18)10-13)21-16-7-5-4-6-14(16)11-19/h4-10,12,20H,3H2,1-2H3. The number of nitrogens with one attached hydrogen (secondary N) is 1. The van der Waals surface area contributed by atoms with E-state index in [-0.39, 0.29) is 6.04 Å². The van der Waals surface area contributed by atoms with E-state index in [1.54, 1.807) is 12.1 Å². The van der Waals surface area contributed by atoms with Crippen LogP contribution in [0.15, 0.2) is 46.9 Å². The Morgan fingerprint density at radius 3 is 2.67 bits per heavy atom. The first-order chi connectivity index (χ1) is 10.2. The first-order valence-corrected chi connectivity index (χ1v) is 7.64. The zero-order valence-electron chi connectivity index (χ0n) is 12.1. The second-order valence-corrected chi connectivity index (χ2v) is 5.53. The third-order valence-corrected chi connectivity index (χ3v) is 3.81. The zero-order valence-corrected chi connectivity index (χ0v) is 13.6. The molecular weight excluding hydrogens is 328 g/mol. The molecule has 0 aliphatic rings. The van der Waals surface area contributed by atoms with Crippen molar-refractivity contribution in [2.75, 3.05) is 6.54 Å². The molecule has 1 atom stereocenters. The van der Waals surface area contributed by atoms with Gasteiger partial charge in [0.2, 0.25) is 0 Å². The molecular formula is C17H17BrN2O. The Morgan fingerprint density at radius 2 is 2.00 bits per heavy atom. The Morgan fingerprint density at radius 1 is 1.24 bits per heavy atom. The van der Waals surface area contributed by atoms with E-state index in [2.05, 4.69) is 41.2 Å². The van der Waals surface area contributed by atoms with Gasteiger partial charge in [-0.05, 0) is 59.2 Å². The Balaban J connectivity index is 2.24. The van der Waals surface area contributed by atoms with Gasteiger partial charge in [-0.2, -0.15) is 5.26 Å². The van der Waals surface area contributed by atoms with Crippen LogP contribution in [-0.4, -0.2) is 6.54 Å². The van der Waals surface area contributed by atoms with Crippen molar-refractivity contribution in [2.24, 2.45) is 0 Å². The summed E-state index contributed by atoms with van der Waals surface area (Å²) in [5.41, 5.74) is 1.71. The highest BCUT2D eigenvalue weighted by Crippen LogP contribution is 2.33. The van der Waals surface area contributed by atoms with E-state index in [0.717, 1.165) is 11.0 Å². The number of nitrogens with zero attached hydrogens (tertiary/aromatic N) is 1. The van der Waals surface area contributed by atoms with E-state index in [9.17, 15) is 0 Å². The van der Waals surface area contributed by atoms with Crippen molar-refractivity contribution in [3.05, 3.63) is 58.1 Å². The second-order valence-electron chi connectivity index (χ2n) is 4.68. The lowest BCUT2D eigenvalue weighted by atomic mass is 10.1.